The van der Waals surface area contributed by atoms with Crippen molar-refractivity contribution in [3.63, 3.8) is 0 Å². The number of rotatable bonds is 9. The molecule has 3 aromatic carbocycles. The van der Waals surface area contributed by atoms with E-state index in [1.54, 1.807) is 48.5 Å². The van der Waals surface area contributed by atoms with Crippen LogP contribution in [0.25, 0.3) is 6.08 Å². The predicted molar refractivity (Wildman–Crippen MR) is 141 cm³/mol. The molecule has 7 nitrogen and oxygen atoms in total. The topological polar surface area (TPSA) is 84.9 Å². The van der Waals surface area contributed by atoms with Crippen molar-refractivity contribution in [1.82, 2.24) is 4.90 Å². The third kappa shape index (κ3) is 6.34. The Kier molecular flexibility index (Phi) is 8.07. The Morgan fingerprint density at radius 2 is 1.72 bits per heavy atom. The van der Waals surface area contributed by atoms with E-state index in [9.17, 15) is 14.4 Å². The van der Waals surface area contributed by atoms with Gasteiger partial charge in [-0.2, -0.15) is 0 Å². The number of para-hydroxylation sites is 1. The Bertz CT molecular complexity index is 1290. The maximum absolute atomic E-state index is 12.8. The summed E-state index contributed by atoms with van der Waals surface area (Å²) in [4.78, 5) is 38.8. The van der Waals surface area contributed by atoms with Gasteiger partial charge >= 0.3 is 0 Å². The molecule has 0 radical (unpaired) electrons. The van der Waals surface area contributed by atoms with Crippen molar-refractivity contribution in [2.24, 2.45) is 0 Å². The molecule has 0 aromatic heterocycles. The molecule has 1 aliphatic rings. The summed E-state index contributed by atoms with van der Waals surface area (Å²) in [6.07, 6.45) is 1.62. The highest BCUT2D eigenvalue weighted by Gasteiger charge is 2.36. The highest BCUT2D eigenvalue weighted by molar-refractivity contribution is 8.18. The van der Waals surface area contributed by atoms with Crippen LogP contribution in [0.5, 0.6) is 11.5 Å². The Morgan fingerprint density at radius 1 is 0.972 bits per heavy atom. The van der Waals surface area contributed by atoms with Crippen LogP contribution in [0, 0.1) is 6.92 Å². The Hall–Kier alpha value is -4.04. The first-order valence-corrected chi connectivity index (χ1v) is 12.3. The van der Waals surface area contributed by atoms with Crippen molar-refractivity contribution >= 4 is 40.6 Å². The Labute approximate surface area is 214 Å². The van der Waals surface area contributed by atoms with Crippen molar-refractivity contribution in [2.45, 2.75) is 20.5 Å². The van der Waals surface area contributed by atoms with E-state index in [1.807, 2.05) is 44.2 Å². The monoisotopic (exact) mass is 502 g/mol. The number of amides is 3. The lowest BCUT2D eigenvalue weighted by molar-refractivity contribution is -0.127. The number of ether oxygens (including phenoxy) is 2. The fraction of sp³-hybridized carbons (Fsp3) is 0.179. The Morgan fingerprint density at radius 3 is 2.44 bits per heavy atom. The molecule has 1 fully saturated rings. The fourth-order valence-electron chi connectivity index (χ4n) is 3.50. The number of carbonyl (C=O) groups is 3. The zero-order valence-electron chi connectivity index (χ0n) is 20.0. The SMILES string of the molecule is CCOc1cc(/C=C2\SC(=O)N(CC(=O)Nc3ccccc3)C2=O)ccc1OCc1ccc(C)cc1. The normalized spacial score (nSPS) is 14.3. The van der Waals surface area contributed by atoms with Gasteiger partial charge in [0.1, 0.15) is 13.2 Å². The number of aryl methyl sites for hydroxylation is 1. The van der Waals surface area contributed by atoms with Crippen LogP contribution in [0.15, 0.2) is 77.7 Å². The van der Waals surface area contributed by atoms with Crippen LogP contribution in [0.2, 0.25) is 0 Å². The molecule has 1 saturated heterocycles. The van der Waals surface area contributed by atoms with Gasteiger partial charge in [-0.3, -0.25) is 19.3 Å². The third-order valence-corrected chi connectivity index (χ3v) is 6.22. The van der Waals surface area contributed by atoms with Crippen LogP contribution in [0.3, 0.4) is 0 Å². The molecule has 8 heteroatoms. The quantitative estimate of drug-likeness (QED) is 0.381. The molecule has 1 heterocycles. The van der Waals surface area contributed by atoms with E-state index in [-0.39, 0.29) is 11.4 Å². The largest absolute Gasteiger partial charge is 0.490 e. The molecule has 3 amide bonds. The minimum atomic E-state index is -0.508. The van der Waals surface area contributed by atoms with Gasteiger partial charge in [0, 0.05) is 5.69 Å². The summed E-state index contributed by atoms with van der Waals surface area (Å²) < 4.78 is 11.7. The lowest BCUT2D eigenvalue weighted by atomic mass is 10.1. The van der Waals surface area contributed by atoms with Gasteiger partial charge in [-0.25, -0.2) is 0 Å². The molecule has 0 atom stereocenters. The molecule has 0 bridgehead atoms. The van der Waals surface area contributed by atoms with E-state index in [4.69, 9.17) is 9.47 Å². The van der Waals surface area contributed by atoms with Crippen molar-refractivity contribution < 1.29 is 23.9 Å². The highest BCUT2D eigenvalue weighted by atomic mass is 32.2. The minimum absolute atomic E-state index is 0.239. The van der Waals surface area contributed by atoms with E-state index >= 15 is 0 Å². The lowest BCUT2D eigenvalue weighted by Crippen LogP contribution is -2.36. The summed E-state index contributed by atoms with van der Waals surface area (Å²) in [5, 5.41) is 2.20. The standard InChI is InChI=1S/C28H26N2O5S/c1-3-34-24-15-21(13-14-23(24)35-18-20-11-9-19(2)10-12-20)16-25-27(32)30(28(33)36-25)17-26(31)29-22-7-5-4-6-8-22/h4-16H,3,17-18H2,1-2H3,(H,29,31)/b25-16-. The number of imide groups is 1. The molecule has 4 rings (SSSR count). The molecule has 0 saturated carbocycles. The van der Waals surface area contributed by atoms with E-state index < -0.39 is 17.1 Å². The zero-order valence-corrected chi connectivity index (χ0v) is 20.8. The van der Waals surface area contributed by atoms with Gasteiger partial charge in [-0.1, -0.05) is 54.1 Å². The van der Waals surface area contributed by atoms with Gasteiger partial charge in [-0.15, -0.1) is 0 Å². The van der Waals surface area contributed by atoms with Crippen molar-refractivity contribution in [3.05, 3.63) is 94.4 Å². The number of hydrogen-bond donors (Lipinski definition) is 1. The number of hydrogen-bond acceptors (Lipinski definition) is 6. The average molecular weight is 503 g/mol. The van der Waals surface area contributed by atoms with Gasteiger partial charge in [0.25, 0.3) is 11.1 Å². The summed E-state index contributed by atoms with van der Waals surface area (Å²) in [6, 6.07) is 22.3. The van der Waals surface area contributed by atoms with E-state index in [0.717, 1.165) is 22.2 Å². The summed E-state index contributed by atoms with van der Waals surface area (Å²) in [5.74, 6) is 0.171. The second-order valence-corrected chi connectivity index (χ2v) is 9.09. The molecule has 3 aromatic rings. The van der Waals surface area contributed by atoms with Crippen LogP contribution in [-0.4, -0.2) is 35.1 Å². The zero-order chi connectivity index (χ0) is 25.5. The second kappa shape index (κ2) is 11.6. The number of carbonyl (C=O) groups excluding carboxylic acids is 3. The molecule has 184 valence electrons. The molecular formula is C28H26N2O5S. The van der Waals surface area contributed by atoms with Crippen molar-refractivity contribution in [2.75, 3.05) is 18.5 Å². The van der Waals surface area contributed by atoms with Gasteiger partial charge < -0.3 is 14.8 Å². The van der Waals surface area contributed by atoms with Gasteiger partial charge in [0.05, 0.1) is 11.5 Å². The molecule has 0 unspecified atom stereocenters. The average Bonchev–Trinajstić information content (AvgIpc) is 3.12. The van der Waals surface area contributed by atoms with E-state index in [1.165, 1.54) is 5.56 Å². The first-order chi connectivity index (χ1) is 17.4. The maximum atomic E-state index is 12.8. The van der Waals surface area contributed by atoms with Crippen LogP contribution in [-0.2, 0) is 16.2 Å². The molecule has 36 heavy (non-hydrogen) atoms. The minimum Gasteiger partial charge on any atom is -0.490 e. The summed E-state index contributed by atoms with van der Waals surface area (Å²) in [7, 11) is 0. The number of thioether (sulfide) groups is 1. The fourth-order valence-corrected chi connectivity index (χ4v) is 4.34. The lowest BCUT2D eigenvalue weighted by Gasteiger charge is -2.13. The Balaban J connectivity index is 1.44. The number of benzene rings is 3. The third-order valence-electron chi connectivity index (χ3n) is 5.31. The smallest absolute Gasteiger partial charge is 0.294 e. The molecule has 1 N–H and O–H groups in total. The first-order valence-electron chi connectivity index (χ1n) is 11.5. The molecule has 1 aliphatic heterocycles. The van der Waals surface area contributed by atoms with Crippen LogP contribution < -0.4 is 14.8 Å². The number of nitrogens with zero attached hydrogens (tertiary/aromatic N) is 1. The van der Waals surface area contributed by atoms with Gasteiger partial charge in [0.15, 0.2) is 11.5 Å². The number of nitrogens with one attached hydrogen (secondary N) is 1. The second-order valence-electron chi connectivity index (χ2n) is 8.10. The first kappa shape index (κ1) is 25.1. The highest BCUT2D eigenvalue weighted by Crippen LogP contribution is 2.35. The van der Waals surface area contributed by atoms with Gasteiger partial charge in [-0.05, 0) is 67.1 Å². The van der Waals surface area contributed by atoms with Crippen LogP contribution >= 0.6 is 11.8 Å². The molecular weight excluding hydrogens is 476 g/mol. The summed E-state index contributed by atoms with van der Waals surface area (Å²) in [6.45, 7) is 4.39. The summed E-state index contributed by atoms with van der Waals surface area (Å²) >= 11 is 0.803. The van der Waals surface area contributed by atoms with Crippen LogP contribution in [0.1, 0.15) is 23.6 Å². The maximum Gasteiger partial charge on any atom is 0.294 e. The number of anilines is 1. The van der Waals surface area contributed by atoms with Gasteiger partial charge in [0.2, 0.25) is 5.91 Å². The van der Waals surface area contributed by atoms with E-state index in [0.29, 0.717) is 36.0 Å². The summed E-state index contributed by atoms with van der Waals surface area (Å²) in [5.41, 5.74) is 3.50. The van der Waals surface area contributed by atoms with Crippen molar-refractivity contribution in [1.29, 1.82) is 0 Å². The van der Waals surface area contributed by atoms with E-state index in [2.05, 4.69) is 5.32 Å². The van der Waals surface area contributed by atoms with Crippen LogP contribution in [0.4, 0.5) is 10.5 Å². The van der Waals surface area contributed by atoms with Crippen molar-refractivity contribution in [3.8, 4) is 11.5 Å². The predicted octanol–water partition coefficient (Wildman–Crippen LogP) is 5.65. The molecule has 0 aliphatic carbocycles. The molecule has 0 spiro atoms.